The van der Waals surface area contributed by atoms with Gasteiger partial charge in [0.25, 0.3) is 5.91 Å². The highest BCUT2D eigenvalue weighted by molar-refractivity contribution is 5.98. The highest BCUT2D eigenvalue weighted by Crippen LogP contribution is 2.30. The molecule has 1 aliphatic heterocycles. The maximum absolute atomic E-state index is 12.8. The molecule has 3 aromatic rings. The zero-order valence-electron chi connectivity index (χ0n) is 14.4. The number of nitrogens with zero attached hydrogens (tertiary/aromatic N) is 1. The Labute approximate surface area is 146 Å². The standard InChI is InChI=1S/C21H20N2O2/c1-13-6-8-15(9-7-13)11-22-21(25)18-12-23-14(2)10-16-4-3-5-17(19(16)23)20(18)24/h3-9,12,14H,10-11H2,1-2H3,(H,22,25). The van der Waals surface area contributed by atoms with Crippen molar-refractivity contribution < 1.29 is 4.79 Å². The van der Waals surface area contributed by atoms with Gasteiger partial charge in [0.2, 0.25) is 5.43 Å². The van der Waals surface area contributed by atoms with Crippen LogP contribution in [0.5, 0.6) is 0 Å². The number of aryl methyl sites for hydroxylation is 1. The van der Waals surface area contributed by atoms with Gasteiger partial charge in [-0.3, -0.25) is 9.59 Å². The summed E-state index contributed by atoms with van der Waals surface area (Å²) in [5, 5.41) is 3.50. The van der Waals surface area contributed by atoms with Crippen molar-refractivity contribution >= 4 is 16.8 Å². The number of amides is 1. The van der Waals surface area contributed by atoms with E-state index in [4.69, 9.17) is 0 Å². The SMILES string of the molecule is Cc1ccc(CNC(=O)c2cn3c4c(cccc4c2=O)CC3C)cc1. The molecule has 2 heterocycles. The van der Waals surface area contributed by atoms with Crippen LogP contribution in [0.15, 0.2) is 53.5 Å². The summed E-state index contributed by atoms with van der Waals surface area (Å²) in [6, 6.07) is 14.0. The normalized spacial score (nSPS) is 15.5. The van der Waals surface area contributed by atoms with E-state index in [1.54, 1.807) is 6.20 Å². The van der Waals surface area contributed by atoms with E-state index in [0.29, 0.717) is 11.9 Å². The summed E-state index contributed by atoms with van der Waals surface area (Å²) in [5.74, 6) is -0.319. The van der Waals surface area contributed by atoms with Crippen LogP contribution in [0.4, 0.5) is 0 Å². The van der Waals surface area contributed by atoms with E-state index in [-0.39, 0.29) is 22.9 Å². The number of para-hydroxylation sites is 1. The number of aromatic nitrogens is 1. The molecule has 1 aliphatic rings. The Morgan fingerprint density at radius 1 is 1.20 bits per heavy atom. The van der Waals surface area contributed by atoms with E-state index in [0.717, 1.165) is 17.5 Å². The van der Waals surface area contributed by atoms with Crippen molar-refractivity contribution in [2.75, 3.05) is 0 Å². The van der Waals surface area contributed by atoms with Crippen molar-refractivity contribution in [2.24, 2.45) is 0 Å². The third-order valence-corrected chi connectivity index (χ3v) is 4.94. The second-order valence-electron chi connectivity index (χ2n) is 6.81. The minimum atomic E-state index is -0.319. The van der Waals surface area contributed by atoms with Gasteiger partial charge in [0.05, 0.1) is 5.52 Å². The van der Waals surface area contributed by atoms with Crippen molar-refractivity contribution in [3.63, 3.8) is 0 Å². The van der Waals surface area contributed by atoms with Gasteiger partial charge in [0.15, 0.2) is 0 Å². The highest BCUT2D eigenvalue weighted by atomic mass is 16.2. The van der Waals surface area contributed by atoms with E-state index < -0.39 is 0 Å². The molecule has 1 amide bonds. The first-order chi connectivity index (χ1) is 12.0. The van der Waals surface area contributed by atoms with Crippen LogP contribution in [0.3, 0.4) is 0 Å². The largest absolute Gasteiger partial charge is 0.348 e. The maximum Gasteiger partial charge on any atom is 0.257 e. The number of hydrogen-bond acceptors (Lipinski definition) is 2. The monoisotopic (exact) mass is 332 g/mol. The lowest BCUT2D eigenvalue weighted by atomic mass is 10.1. The van der Waals surface area contributed by atoms with Gasteiger partial charge in [-0.25, -0.2) is 0 Å². The number of carbonyl (C=O) groups is 1. The highest BCUT2D eigenvalue weighted by Gasteiger charge is 2.24. The van der Waals surface area contributed by atoms with Gasteiger partial charge in [-0.15, -0.1) is 0 Å². The molecule has 1 aromatic heterocycles. The summed E-state index contributed by atoms with van der Waals surface area (Å²) in [7, 11) is 0. The molecule has 0 radical (unpaired) electrons. The lowest BCUT2D eigenvalue weighted by Gasteiger charge is -2.12. The van der Waals surface area contributed by atoms with Crippen molar-refractivity contribution in [3.8, 4) is 0 Å². The summed E-state index contributed by atoms with van der Waals surface area (Å²) in [5.41, 5.74) is 4.36. The molecule has 0 saturated carbocycles. The van der Waals surface area contributed by atoms with E-state index in [1.807, 2.05) is 43.3 Å². The molecule has 4 nitrogen and oxygen atoms in total. The smallest absolute Gasteiger partial charge is 0.257 e. The van der Waals surface area contributed by atoms with Gasteiger partial charge in [-0.05, 0) is 37.5 Å². The summed E-state index contributed by atoms with van der Waals surface area (Å²) in [4.78, 5) is 25.4. The molecule has 0 saturated heterocycles. The zero-order valence-corrected chi connectivity index (χ0v) is 14.4. The van der Waals surface area contributed by atoms with Crippen LogP contribution in [0, 0.1) is 6.92 Å². The van der Waals surface area contributed by atoms with Crippen molar-refractivity contribution in [2.45, 2.75) is 32.9 Å². The fourth-order valence-corrected chi connectivity index (χ4v) is 3.56. The maximum atomic E-state index is 12.8. The molecule has 0 bridgehead atoms. The van der Waals surface area contributed by atoms with Crippen molar-refractivity contribution in [1.29, 1.82) is 0 Å². The summed E-state index contributed by atoms with van der Waals surface area (Å²) >= 11 is 0. The average Bonchev–Trinajstić information content (AvgIpc) is 2.93. The number of carbonyl (C=O) groups excluding carboxylic acids is 1. The van der Waals surface area contributed by atoms with E-state index >= 15 is 0 Å². The molecular formula is C21H20N2O2. The topological polar surface area (TPSA) is 51.1 Å². The van der Waals surface area contributed by atoms with Crippen LogP contribution in [-0.4, -0.2) is 10.5 Å². The third kappa shape index (κ3) is 2.64. The Bertz CT molecular complexity index is 1030. The van der Waals surface area contributed by atoms with E-state index in [9.17, 15) is 9.59 Å². The average molecular weight is 332 g/mol. The Morgan fingerprint density at radius 2 is 1.96 bits per heavy atom. The fraction of sp³-hybridized carbons (Fsp3) is 0.238. The second-order valence-corrected chi connectivity index (χ2v) is 6.81. The van der Waals surface area contributed by atoms with Crippen molar-refractivity contribution in [3.05, 3.63) is 81.1 Å². The Morgan fingerprint density at radius 3 is 2.72 bits per heavy atom. The number of benzene rings is 2. The third-order valence-electron chi connectivity index (χ3n) is 4.94. The molecule has 4 heteroatoms. The molecule has 126 valence electrons. The number of nitrogens with one attached hydrogen (secondary N) is 1. The first-order valence-corrected chi connectivity index (χ1v) is 8.55. The number of pyridine rings is 1. The van der Waals surface area contributed by atoms with E-state index in [2.05, 4.69) is 22.9 Å². The lowest BCUT2D eigenvalue weighted by Crippen LogP contribution is -2.29. The molecule has 0 spiro atoms. The summed E-state index contributed by atoms with van der Waals surface area (Å²) in [6.45, 7) is 4.54. The van der Waals surface area contributed by atoms with Gasteiger partial charge >= 0.3 is 0 Å². The molecule has 0 fully saturated rings. The Kier molecular flexibility index (Phi) is 3.68. The van der Waals surface area contributed by atoms with Crippen LogP contribution in [0.1, 0.15) is 40.0 Å². The van der Waals surface area contributed by atoms with Gasteiger partial charge in [0.1, 0.15) is 5.56 Å². The number of hydrogen-bond donors (Lipinski definition) is 1. The molecule has 2 aromatic carbocycles. The predicted octanol–water partition coefficient (Wildman–Crippen LogP) is 3.36. The minimum Gasteiger partial charge on any atom is -0.348 e. The summed E-state index contributed by atoms with van der Waals surface area (Å²) < 4.78 is 2.06. The zero-order chi connectivity index (χ0) is 17.6. The predicted molar refractivity (Wildman–Crippen MR) is 99.0 cm³/mol. The van der Waals surface area contributed by atoms with Crippen LogP contribution in [0.25, 0.3) is 10.9 Å². The van der Waals surface area contributed by atoms with E-state index in [1.165, 1.54) is 11.1 Å². The molecule has 1 N–H and O–H groups in total. The molecule has 25 heavy (non-hydrogen) atoms. The molecule has 0 aliphatic carbocycles. The first-order valence-electron chi connectivity index (χ1n) is 8.55. The number of rotatable bonds is 3. The molecule has 4 rings (SSSR count). The Balaban J connectivity index is 1.68. The summed E-state index contributed by atoms with van der Waals surface area (Å²) in [6.07, 6.45) is 2.61. The Hall–Kier alpha value is -2.88. The van der Waals surface area contributed by atoms with Crippen LogP contribution in [0.2, 0.25) is 0 Å². The minimum absolute atomic E-state index is 0.191. The van der Waals surface area contributed by atoms with Crippen LogP contribution in [-0.2, 0) is 13.0 Å². The second kappa shape index (κ2) is 5.88. The van der Waals surface area contributed by atoms with Gasteiger partial charge in [-0.2, -0.15) is 0 Å². The van der Waals surface area contributed by atoms with Crippen LogP contribution < -0.4 is 10.7 Å². The first kappa shape index (κ1) is 15.6. The van der Waals surface area contributed by atoms with Gasteiger partial charge in [-0.1, -0.05) is 42.0 Å². The van der Waals surface area contributed by atoms with Gasteiger partial charge in [0, 0.05) is 24.2 Å². The van der Waals surface area contributed by atoms with Crippen molar-refractivity contribution in [1.82, 2.24) is 9.88 Å². The lowest BCUT2D eigenvalue weighted by molar-refractivity contribution is 0.0949. The van der Waals surface area contributed by atoms with Crippen LogP contribution >= 0.6 is 0 Å². The molecule has 1 unspecified atom stereocenters. The molecule has 1 atom stereocenters. The quantitative estimate of drug-likeness (QED) is 0.799. The van der Waals surface area contributed by atoms with Gasteiger partial charge < -0.3 is 9.88 Å². The fourth-order valence-electron chi connectivity index (χ4n) is 3.56. The molecular weight excluding hydrogens is 312 g/mol.